The summed E-state index contributed by atoms with van der Waals surface area (Å²) in [5.74, 6) is 0.288. The number of methoxy groups -OCH3 is 2. The Hall–Kier alpha value is -1.42. The van der Waals surface area contributed by atoms with Gasteiger partial charge in [-0.3, -0.25) is 4.79 Å². The number of hydrogen-bond acceptors (Lipinski definition) is 3. The zero-order valence-electron chi connectivity index (χ0n) is 10.7. The summed E-state index contributed by atoms with van der Waals surface area (Å²) in [5, 5.41) is 9.14. The molecule has 0 radical (unpaired) electrons. The first kappa shape index (κ1) is 14.6. The molecule has 1 aromatic rings. The summed E-state index contributed by atoms with van der Waals surface area (Å²) in [5.41, 5.74) is 1.89. The van der Waals surface area contributed by atoms with Crippen LogP contribution in [0, 0.1) is 6.92 Å². The van der Waals surface area contributed by atoms with E-state index >= 15 is 0 Å². The van der Waals surface area contributed by atoms with E-state index in [1.807, 2.05) is 13.0 Å². The van der Waals surface area contributed by atoms with E-state index in [-0.39, 0.29) is 6.42 Å². The molecule has 0 aliphatic heterocycles. The van der Waals surface area contributed by atoms with Gasteiger partial charge in [0.15, 0.2) is 11.5 Å². The number of halogens is 1. The first-order valence-electron chi connectivity index (χ1n) is 5.63. The van der Waals surface area contributed by atoms with E-state index < -0.39 is 5.97 Å². The Bertz CT molecular complexity index is 443. The summed E-state index contributed by atoms with van der Waals surface area (Å²) in [6.07, 6.45) is 1.37. The highest BCUT2D eigenvalue weighted by molar-refractivity contribution is 6.33. The lowest BCUT2D eigenvalue weighted by atomic mass is 10.0. The van der Waals surface area contributed by atoms with Crippen LogP contribution in [0.15, 0.2) is 6.07 Å². The van der Waals surface area contributed by atoms with Crippen molar-refractivity contribution in [2.45, 2.75) is 26.2 Å². The number of benzene rings is 1. The second kappa shape index (κ2) is 6.50. The molecule has 0 saturated carbocycles. The van der Waals surface area contributed by atoms with E-state index in [1.54, 1.807) is 7.11 Å². The van der Waals surface area contributed by atoms with Crippen molar-refractivity contribution in [2.24, 2.45) is 0 Å². The fourth-order valence-electron chi connectivity index (χ4n) is 1.78. The number of aryl methyl sites for hydroxylation is 1. The molecule has 5 heteroatoms. The number of rotatable bonds is 6. The largest absolute Gasteiger partial charge is 0.493 e. The van der Waals surface area contributed by atoms with Crippen molar-refractivity contribution in [3.63, 3.8) is 0 Å². The molecule has 18 heavy (non-hydrogen) atoms. The Morgan fingerprint density at radius 3 is 2.56 bits per heavy atom. The highest BCUT2D eigenvalue weighted by Gasteiger charge is 2.15. The number of ether oxygens (including phenoxy) is 2. The minimum atomic E-state index is -0.792. The minimum absolute atomic E-state index is 0.144. The van der Waals surface area contributed by atoms with Crippen LogP contribution in [0.5, 0.6) is 11.5 Å². The van der Waals surface area contributed by atoms with Gasteiger partial charge in [-0.1, -0.05) is 11.6 Å². The van der Waals surface area contributed by atoms with Gasteiger partial charge < -0.3 is 14.6 Å². The van der Waals surface area contributed by atoms with Crippen molar-refractivity contribution in [3.8, 4) is 11.5 Å². The smallest absolute Gasteiger partial charge is 0.303 e. The van der Waals surface area contributed by atoms with Gasteiger partial charge in [-0.2, -0.15) is 0 Å². The first-order chi connectivity index (χ1) is 8.51. The molecule has 0 fully saturated rings. The summed E-state index contributed by atoms with van der Waals surface area (Å²) in [6.45, 7) is 1.89. The second-order valence-electron chi connectivity index (χ2n) is 3.96. The molecule has 100 valence electrons. The molecule has 0 atom stereocenters. The molecule has 1 N–H and O–H groups in total. The normalized spacial score (nSPS) is 10.2. The van der Waals surface area contributed by atoms with Crippen LogP contribution in [0.4, 0.5) is 0 Å². The maximum atomic E-state index is 10.5. The standard InChI is InChI=1S/C13H17ClO4/c1-8-9(5-4-6-11(15)16)7-10(17-2)13(18-3)12(8)14/h7H,4-6H2,1-3H3,(H,15,16). The first-order valence-corrected chi connectivity index (χ1v) is 6.00. The summed E-state index contributed by atoms with van der Waals surface area (Å²) in [4.78, 5) is 10.5. The lowest BCUT2D eigenvalue weighted by Gasteiger charge is -2.15. The summed E-state index contributed by atoms with van der Waals surface area (Å²) in [6, 6.07) is 1.85. The summed E-state index contributed by atoms with van der Waals surface area (Å²) >= 11 is 6.20. The molecule has 0 spiro atoms. The Kier molecular flexibility index (Phi) is 5.28. The third-order valence-electron chi connectivity index (χ3n) is 2.80. The predicted molar refractivity (Wildman–Crippen MR) is 69.9 cm³/mol. The van der Waals surface area contributed by atoms with Crippen LogP contribution >= 0.6 is 11.6 Å². The molecule has 0 aliphatic rings. The molecule has 4 nitrogen and oxygen atoms in total. The van der Waals surface area contributed by atoms with Crippen LogP contribution in [-0.2, 0) is 11.2 Å². The fourth-order valence-corrected chi connectivity index (χ4v) is 2.07. The Morgan fingerprint density at radius 1 is 1.39 bits per heavy atom. The topological polar surface area (TPSA) is 55.8 Å². The maximum absolute atomic E-state index is 10.5. The van der Waals surface area contributed by atoms with Crippen molar-refractivity contribution in [1.29, 1.82) is 0 Å². The SMILES string of the molecule is COc1cc(CCCC(=O)O)c(C)c(Cl)c1OC. The van der Waals surface area contributed by atoms with E-state index in [1.165, 1.54) is 7.11 Å². The van der Waals surface area contributed by atoms with Crippen molar-refractivity contribution < 1.29 is 19.4 Å². The van der Waals surface area contributed by atoms with Crippen LogP contribution in [0.25, 0.3) is 0 Å². The van der Waals surface area contributed by atoms with E-state index in [0.717, 1.165) is 11.1 Å². The van der Waals surface area contributed by atoms with Gasteiger partial charge >= 0.3 is 5.97 Å². The maximum Gasteiger partial charge on any atom is 0.303 e. The van der Waals surface area contributed by atoms with E-state index in [4.69, 9.17) is 26.2 Å². The van der Waals surface area contributed by atoms with Crippen LogP contribution in [0.1, 0.15) is 24.0 Å². The van der Waals surface area contributed by atoms with Crippen molar-refractivity contribution in [3.05, 3.63) is 22.2 Å². The number of carbonyl (C=O) groups is 1. The molecule has 0 amide bonds. The van der Waals surface area contributed by atoms with Crippen LogP contribution in [0.2, 0.25) is 5.02 Å². The van der Waals surface area contributed by atoms with E-state index in [9.17, 15) is 4.79 Å². The Balaban J connectivity index is 2.98. The molecule has 0 heterocycles. The third kappa shape index (κ3) is 3.29. The second-order valence-corrected chi connectivity index (χ2v) is 4.34. The minimum Gasteiger partial charge on any atom is -0.493 e. The number of carboxylic acid groups (broad SMARTS) is 1. The van der Waals surface area contributed by atoms with Gasteiger partial charge in [-0.05, 0) is 37.0 Å². The van der Waals surface area contributed by atoms with Crippen LogP contribution in [0.3, 0.4) is 0 Å². The quantitative estimate of drug-likeness (QED) is 0.865. The van der Waals surface area contributed by atoms with E-state index in [2.05, 4.69) is 0 Å². The summed E-state index contributed by atoms with van der Waals surface area (Å²) < 4.78 is 10.4. The molecular formula is C13H17ClO4. The summed E-state index contributed by atoms with van der Waals surface area (Å²) in [7, 11) is 3.08. The number of carboxylic acids is 1. The van der Waals surface area contributed by atoms with Gasteiger partial charge in [0.2, 0.25) is 0 Å². The van der Waals surface area contributed by atoms with Gasteiger partial charge in [0.05, 0.1) is 19.2 Å². The predicted octanol–water partition coefficient (Wildman–Crippen LogP) is 3.07. The molecule has 1 rings (SSSR count). The van der Waals surface area contributed by atoms with Gasteiger partial charge in [-0.15, -0.1) is 0 Å². The van der Waals surface area contributed by atoms with Crippen molar-refractivity contribution in [1.82, 2.24) is 0 Å². The molecule has 0 aliphatic carbocycles. The number of hydrogen-bond donors (Lipinski definition) is 1. The molecular weight excluding hydrogens is 256 g/mol. The molecule has 0 saturated heterocycles. The molecule has 0 unspecified atom stereocenters. The Morgan fingerprint density at radius 2 is 2.06 bits per heavy atom. The van der Waals surface area contributed by atoms with Gasteiger partial charge in [-0.25, -0.2) is 0 Å². The monoisotopic (exact) mass is 272 g/mol. The highest BCUT2D eigenvalue weighted by atomic mass is 35.5. The van der Waals surface area contributed by atoms with Crippen LogP contribution < -0.4 is 9.47 Å². The number of aliphatic carboxylic acids is 1. The zero-order valence-corrected chi connectivity index (χ0v) is 11.5. The van der Waals surface area contributed by atoms with E-state index in [0.29, 0.717) is 29.4 Å². The van der Waals surface area contributed by atoms with Gasteiger partial charge in [0.25, 0.3) is 0 Å². The lowest BCUT2D eigenvalue weighted by molar-refractivity contribution is -0.137. The molecule has 0 aromatic heterocycles. The van der Waals surface area contributed by atoms with Crippen molar-refractivity contribution >= 4 is 17.6 Å². The molecule has 1 aromatic carbocycles. The third-order valence-corrected chi connectivity index (χ3v) is 3.26. The van der Waals surface area contributed by atoms with Gasteiger partial charge in [0.1, 0.15) is 0 Å². The highest BCUT2D eigenvalue weighted by Crippen LogP contribution is 2.39. The fraction of sp³-hybridized carbons (Fsp3) is 0.462. The zero-order chi connectivity index (χ0) is 13.7. The lowest BCUT2D eigenvalue weighted by Crippen LogP contribution is -2.00. The molecule has 0 bridgehead atoms. The Labute approximate surface area is 111 Å². The van der Waals surface area contributed by atoms with Crippen LogP contribution in [-0.4, -0.2) is 25.3 Å². The van der Waals surface area contributed by atoms with Crippen molar-refractivity contribution in [2.75, 3.05) is 14.2 Å². The van der Waals surface area contributed by atoms with Gasteiger partial charge in [0, 0.05) is 6.42 Å². The average Bonchev–Trinajstić information content (AvgIpc) is 2.33. The average molecular weight is 273 g/mol.